The maximum absolute atomic E-state index is 12.2. The van der Waals surface area contributed by atoms with Crippen molar-refractivity contribution in [3.63, 3.8) is 0 Å². The van der Waals surface area contributed by atoms with E-state index < -0.39 is 5.97 Å². The Labute approximate surface area is 152 Å². The predicted molar refractivity (Wildman–Crippen MR) is 101 cm³/mol. The molecule has 0 aliphatic carbocycles. The van der Waals surface area contributed by atoms with E-state index in [4.69, 9.17) is 4.84 Å². The van der Waals surface area contributed by atoms with Crippen LogP contribution in [0.25, 0.3) is 0 Å². The van der Waals surface area contributed by atoms with Crippen molar-refractivity contribution in [2.24, 2.45) is 5.92 Å². The van der Waals surface area contributed by atoms with Crippen LogP contribution in [0.3, 0.4) is 0 Å². The Balaban J connectivity index is 2.18. The van der Waals surface area contributed by atoms with Crippen molar-refractivity contribution < 1.29 is 14.4 Å². The maximum Gasteiger partial charge on any atom is 0.362 e. The lowest BCUT2D eigenvalue weighted by Crippen LogP contribution is -2.32. The van der Waals surface area contributed by atoms with Crippen LogP contribution in [-0.4, -0.2) is 11.9 Å². The van der Waals surface area contributed by atoms with Gasteiger partial charge in [0.25, 0.3) is 5.91 Å². The number of carbonyl (C=O) groups is 2. The first-order valence-electron chi connectivity index (χ1n) is 9.75. The average Bonchev–Trinajstić information content (AvgIpc) is 2.65. The Morgan fingerprint density at radius 1 is 0.920 bits per heavy atom. The van der Waals surface area contributed by atoms with Crippen molar-refractivity contribution in [2.45, 2.75) is 78.1 Å². The van der Waals surface area contributed by atoms with Crippen LogP contribution in [0, 0.1) is 5.92 Å². The molecule has 1 atom stereocenters. The molecule has 1 rings (SSSR count). The molecule has 1 aromatic rings. The van der Waals surface area contributed by atoms with Crippen molar-refractivity contribution in [2.75, 3.05) is 0 Å². The second-order valence-electron chi connectivity index (χ2n) is 6.59. The molecule has 0 spiro atoms. The fraction of sp³-hybridized carbons (Fsp3) is 0.619. The third-order valence-corrected chi connectivity index (χ3v) is 4.52. The van der Waals surface area contributed by atoms with Gasteiger partial charge in [-0.1, -0.05) is 83.4 Å². The van der Waals surface area contributed by atoms with Crippen LogP contribution in [0.2, 0.25) is 0 Å². The maximum atomic E-state index is 12.2. The number of rotatable bonds is 12. The van der Waals surface area contributed by atoms with Crippen molar-refractivity contribution in [3.8, 4) is 0 Å². The van der Waals surface area contributed by atoms with E-state index in [1.54, 1.807) is 24.3 Å². The first-order chi connectivity index (χ1) is 12.2. The first-order valence-corrected chi connectivity index (χ1v) is 9.75. The van der Waals surface area contributed by atoms with Gasteiger partial charge in [-0.15, -0.1) is 0 Å². The second-order valence-corrected chi connectivity index (χ2v) is 6.59. The quantitative estimate of drug-likeness (QED) is 0.405. The zero-order valence-corrected chi connectivity index (χ0v) is 15.8. The fourth-order valence-corrected chi connectivity index (χ4v) is 2.86. The molecule has 1 unspecified atom stereocenters. The van der Waals surface area contributed by atoms with E-state index in [9.17, 15) is 9.59 Å². The summed E-state index contributed by atoms with van der Waals surface area (Å²) in [6.07, 6.45) is 11.6. The molecular weight excluding hydrogens is 314 g/mol. The first kappa shape index (κ1) is 21.2. The number of amides is 1. The molecule has 0 aliphatic rings. The zero-order valence-electron chi connectivity index (χ0n) is 15.8. The monoisotopic (exact) mass is 347 g/mol. The summed E-state index contributed by atoms with van der Waals surface area (Å²) in [5.41, 5.74) is 2.75. The summed E-state index contributed by atoms with van der Waals surface area (Å²) >= 11 is 0. The Kier molecular flexibility index (Phi) is 11.4. The van der Waals surface area contributed by atoms with E-state index in [1.165, 1.54) is 44.9 Å². The van der Waals surface area contributed by atoms with Crippen molar-refractivity contribution in [1.82, 2.24) is 5.48 Å². The summed E-state index contributed by atoms with van der Waals surface area (Å²) in [6.45, 7) is 4.22. The molecule has 25 heavy (non-hydrogen) atoms. The number of hydrogen-bond acceptors (Lipinski definition) is 3. The predicted octanol–water partition coefficient (Wildman–Crippen LogP) is 5.43. The number of hydrogen-bond donors (Lipinski definition) is 1. The molecule has 4 nitrogen and oxygen atoms in total. The molecular formula is C21H33NO3. The Morgan fingerprint density at radius 2 is 1.52 bits per heavy atom. The molecule has 0 bridgehead atoms. The highest BCUT2D eigenvalue weighted by molar-refractivity contribution is 5.90. The van der Waals surface area contributed by atoms with Crippen LogP contribution in [0.1, 0.15) is 88.4 Å². The SMILES string of the molecule is CCCCCCCCCCC(CC)C(=O)NOC(=O)c1ccccc1. The molecule has 0 aromatic heterocycles. The summed E-state index contributed by atoms with van der Waals surface area (Å²) in [5.74, 6) is -0.825. The Bertz CT molecular complexity index is 487. The van der Waals surface area contributed by atoms with Crippen LogP contribution in [-0.2, 0) is 9.63 Å². The van der Waals surface area contributed by atoms with Crippen LogP contribution in [0.5, 0.6) is 0 Å². The molecule has 1 amide bonds. The minimum Gasteiger partial charge on any atom is -0.335 e. The van der Waals surface area contributed by atoms with E-state index in [2.05, 4.69) is 12.4 Å². The number of unbranched alkanes of at least 4 members (excludes halogenated alkanes) is 7. The van der Waals surface area contributed by atoms with Crippen molar-refractivity contribution in [1.29, 1.82) is 0 Å². The molecule has 0 heterocycles. The molecule has 0 fully saturated rings. The summed E-state index contributed by atoms with van der Waals surface area (Å²) < 4.78 is 0. The lowest BCUT2D eigenvalue weighted by Gasteiger charge is -2.14. The van der Waals surface area contributed by atoms with Crippen molar-refractivity contribution >= 4 is 11.9 Å². The standard InChI is InChI=1S/C21H33NO3/c1-3-5-6-7-8-9-10-12-15-18(4-2)20(23)22-25-21(24)19-16-13-11-14-17-19/h11,13-14,16-18H,3-10,12,15H2,1-2H3,(H,22,23). The number of carbonyl (C=O) groups excluding carboxylic acids is 2. The highest BCUT2D eigenvalue weighted by Crippen LogP contribution is 2.16. The summed E-state index contributed by atoms with van der Waals surface area (Å²) in [5, 5.41) is 0. The zero-order chi connectivity index (χ0) is 18.3. The van der Waals surface area contributed by atoms with Gasteiger partial charge in [0.2, 0.25) is 0 Å². The minimum atomic E-state index is -0.532. The van der Waals surface area contributed by atoms with Crippen LogP contribution < -0.4 is 5.48 Å². The van der Waals surface area contributed by atoms with Crippen LogP contribution in [0.4, 0.5) is 0 Å². The Hall–Kier alpha value is -1.84. The molecule has 4 heteroatoms. The molecule has 0 radical (unpaired) electrons. The van der Waals surface area contributed by atoms with Gasteiger partial charge in [-0.05, 0) is 25.0 Å². The van der Waals surface area contributed by atoms with Gasteiger partial charge in [0.1, 0.15) is 0 Å². The number of hydroxylamine groups is 1. The van der Waals surface area contributed by atoms with E-state index >= 15 is 0 Å². The van der Waals surface area contributed by atoms with E-state index in [1.807, 2.05) is 13.0 Å². The number of nitrogens with one attached hydrogen (secondary N) is 1. The molecule has 1 N–H and O–H groups in total. The van der Waals surface area contributed by atoms with E-state index in [0.29, 0.717) is 5.56 Å². The third kappa shape index (κ3) is 9.28. The third-order valence-electron chi connectivity index (χ3n) is 4.52. The van der Waals surface area contributed by atoms with Crippen LogP contribution >= 0.6 is 0 Å². The minimum absolute atomic E-state index is 0.0938. The summed E-state index contributed by atoms with van der Waals surface area (Å²) in [4.78, 5) is 28.9. The van der Waals surface area contributed by atoms with Gasteiger partial charge in [-0.2, -0.15) is 5.48 Å². The van der Waals surface area contributed by atoms with Gasteiger partial charge in [-0.3, -0.25) is 4.79 Å². The molecule has 0 saturated carbocycles. The van der Waals surface area contributed by atoms with Crippen LogP contribution in [0.15, 0.2) is 30.3 Å². The summed E-state index contributed by atoms with van der Waals surface area (Å²) in [7, 11) is 0. The lowest BCUT2D eigenvalue weighted by atomic mass is 9.97. The fourth-order valence-electron chi connectivity index (χ4n) is 2.86. The molecule has 140 valence electrons. The molecule has 1 aromatic carbocycles. The largest absolute Gasteiger partial charge is 0.362 e. The van der Waals surface area contributed by atoms with Gasteiger partial charge < -0.3 is 4.84 Å². The van der Waals surface area contributed by atoms with Gasteiger partial charge >= 0.3 is 5.97 Å². The normalized spacial score (nSPS) is 11.8. The lowest BCUT2D eigenvalue weighted by molar-refractivity contribution is -0.134. The highest BCUT2D eigenvalue weighted by Gasteiger charge is 2.18. The second kappa shape index (κ2) is 13.5. The van der Waals surface area contributed by atoms with Gasteiger partial charge in [0.05, 0.1) is 5.56 Å². The number of benzene rings is 1. The highest BCUT2D eigenvalue weighted by atomic mass is 16.7. The summed E-state index contributed by atoms with van der Waals surface area (Å²) in [6, 6.07) is 8.66. The van der Waals surface area contributed by atoms with Gasteiger partial charge in [-0.25, -0.2) is 4.79 Å². The van der Waals surface area contributed by atoms with Crippen molar-refractivity contribution in [3.05, 3.63) is 35.9 Å². The molecule has 0 saturated heterocycles. The Morgan fingerprint density at radius 3 is 2.12 bits per heavy atom. The van der Waals surface area contributed by atoms with E-state index in [-0.39, 0.29) is 11.8 Å². The molecule has 0 aliphatic heterocycles. The topological polar surface area (TPSA) is 55.4 Å². The van der Waals surface area contributed by atoms with Gasteiger partial charge in [0, 0.05) is 5.92 Å². The van der Waals surface area contributed by atoms with E-state index in [0.717, 1.165) is 19.3 Å². The van der Waals surface area contributed by atoms with Gasteiger partial charge in [0.15, 0.2) is 0 Å². The smallest absolute Gasteiger partial charge is 0.335 e. The average molecular weight is 347 g/mol.